The molecule has 0 radical (unpaired) electrons. The lowest BCUT2D eigenvalue weighted by Gasteiger charge is -2.22. The predicted molar refractivity (Wildman–Crippen MR) is 61.9 cm³/mol. The maximum absolute atomic E-state index is 12.1. The van der Waals surface area contributed by atoms with Crippen LogP contribution in [0.3, 0.4) is 0 Å². The number of nitrogens with zero attached hydrogens (tertiary/aromatic N) is 2. The van der Waals surface area contributed by atoms with Crippen LogP contribution in [0.5, 0.6) is 0 Å². The van der Waals surface area contributed by atoms with E-state index in [0.717, 1.165) is 25.2 Å². The Balaban J connectivity index is 2.07. The van der Waals surface area contributed by atoms with Gasteiger partial charge in [-0.15, -0.1) is 0 Å². The Morgan fingerprint density at radius 1 is 1.69 bits per heavy atom. The molecule has 0 spiro atoms. The van der Waals surface area contributed by atoms with Crippen molar-refractivity contribution in [1.29, 1.82) is 0 Å². The van der Waals surface area contributed by atoms with Crippen LogP contribution in [0.4, 0.5) is 0 Å². The Hall–Kier alpha value is -1.16. The number of rotatable bonds is 5. The average molecular weight is 221 g/mol. The minimum Gasteiger partial charge on any atom is -0.335 e. The molecule has 0 aromatic carbocycles. The van der Waals surface area contributed by atoms with Crippen molar-refractivity contribution in [2.75, 3.05) is 0 Å². The van der Waals surface area contributed by atoms with E-state index in [-0.39, 0.29) is 5.78 Å². The van der Waals surface area contributed by atoms with Gasteiger partial charge in [0.1, 0.15) is 5.82 Å². The predicted octanol–water partition coefficient (Wildman–Crippen LogP) is 1.14. The fraction of sp³-hybridized carbons (Fsp3) is 0.667. The van der Waals surface area contributed by atoms with Gasteiger partial charge in [-0.25, -0.2) is 4.98 Å². The van der Waals surface area contributed by atoms with E-state index in [2.05, 4.69) is 4.98 Å². The molecule has 1 heterocycles. The van der Waals surface area contributed by atoms with Crippen molar-refractivity contribution >= 4 is 5.78 Å². The van der Waals surface area contributed by atoms with E-state index in [4.69, 9.17) is 5.73 Å². The molecule has 1 aliphatic carbocycles. The molecule has 1 fully saturated rings. The number of hydrogen-bond donors (Lipinski definition) is 1. The molecular formula is C12H19N3O. The van der Waals surface area contributed by atoms with E-state index in [1.54, 1.807) is 6.20 Å². The van der Waals surface area contributed by atoms with Crippen molar-refractivity contribution in [3.63, 3.8) is 0 Å². The summed E-state index contributed by atoms with van der Waals surface area (Å²) in [7, 11) is 0. The van der Waals surface area contributed by atoms with Crippen molar-refractivity contribution in [3.8, 4) is 0 Å². The van der Waals surface area contributed by atoms with Crippen LogP contribution in [-0.2, 0) is 17.8 Å². The summed E-state index contributed by atoms with van der Waals surface area (Å²) in [6.45, 7) is 4.73. The lowest BCUT2D eigenvalue weighted by atomic mass is 9.90. The van der Waals surface area contributed by atoms with Crippen molar-refractivity contribution in [2.45, 2.75) is 45.2 Å². The van der Waals surface area contributed by atoms with Crippen LogP contribution in [0.15, 0.2) is 12.4 Å². The third kappa shape index (κ3) is 2.02. The second kappa shape index (κ2) is 4.01. The average Bonchev–Trinajstić information content (AvgIpc) is 3.01. The van der Waals surface area contributed by atoms with Crippen molar-refractivity contribution in [1.82, 2.24) is 9.55 Å². The molecular weight excluding hydrogens is 202 g/mol. The van der Waals surface area contributed by atoms with Gasteiger partial charge in [0.2, 0.25) is 0 Å². The zero-order chi connectivity index (χ0) is 11.8. The van der Waals surface area contributed by atoms with E-state index >= 15 is 0 Å². The monoisotopic (exact) mass is 221 g/mol. The van der Waals surface area contributed by atoms with E-state index in [1.165, 1.54) is 0 Å². The molecule has 1 aliphatic rings. The van der Waals surface area contributed by atoms with Crippen LogP contribution in [0, 0.1) is 5.92 Å². The Bertz CT molecular complexity index is 391. The first-order valence-electron chi connectivity index (χ1n) is 5.88. The fourth-order valence-electron chi connectivity index (χ4n) is 2.04. The first-order valence-corrected chi connectivity index (χ1v) is 5.88. The summed E-state index contributed by atoms with van der Waals surface area (Å²) in [6, 6.07) is 0. The van der Waals surface area contributed by atoms with Crippen molar-refractivity contribution in [2.24, 2.45) is 11.7 Å². The molecule has 0 bridgehead atoms. The van der Waals surface area contributed by atoms with Gasteiger partial charge in [0, 0.05) is 18.9 Å². The second-order valence-corrected chi connectivity index (χ2v) is 4.79. The summed E-state index contributed by atoms with van der Waals surface area (Å²) in [6.07, 6.45) is 6.15. The molecule has 4 nitrogen and oxygen atoms in total. The molecule has 1 aromatic heterocycles. The number of carbonyl (C=O) groups excluding carboxylic acids is 1. The molecule has 4 heteroatoms. The molecule has 88 valence electrons. The van der Waals surface area contributed by atoms with Gasteiger partial charge >= 0.3 is 0 Å². The summed E-state index contributed by atoms with van der Waals surface area (Å²) >= 11 is 0. The third-order valence-corrected chi connectivity index (χ3v) is 3.49. The number of aryl methyl sites for hydroxylation is 1. The Morgan fingerprint density at radius 2 is 2.38 bits per heavy atom. The molecule has 1 aromatic rings. The quantitative estimate of drug-likeness (QED) is 0.811. The fourth-order valence-corrected chi connectivity index (χ4v) is 2.04. The van der Waals surface area contributed by atoms with Gasteiger partial charge in [0.05, 0.1) is 12.0 Å². The smallest absolute Gasteiger partial charge is 0.160 e. The zero-order valence-corrected chi connectivity index (χ0v) is 9.94. The maximum atomic E-state index is 12.1. The first-order chi connectivity index (χ1) is 7.55. The highest BCUT2D eigenvalue weighted by atomic mass is 16.1. The summed E-state index contributed by atoms with van der Waals surface area (Å²) in [4.78, 5) is 16.3. The summed E-state index contributed by atoms with van der Waals surface area (Å²) < 4.78 is 1.99. The van der Waals surface area contributed by atoms with Crippen LogP contribution in [0.2, 0.25) is 0 Å². The van der Waals surface area contributed by atoms with Crippen LogP contribution in [0.25, 0.3) is 0 Å². The Morgan fingerprint density at radius 3 is 2.94 bits per heavy atom. The second-order valence-electron chi connectivity index (χ2n) is 4.79. The molecule has 0 saturated heterocycles. The summed E-state index contributed by atoms with van der Waals surface area (Å²) in [5.41, 5.74) is 5.42. The molecule has 2 rings (SSSR count). The number of aromatic nitrogens is 2. The van der Waals surface area contributed by atoms with Gasteiger partial charge in [-0.05, 0) is 32.6 Å². The Kier molecular flexibility index (Phi) is 2.84. The van der Waals surface area contributed by atoms with Gasteiger partial charge in [0.15, 0.2) is 5.78 Å². The first kappa shape index (κ1) is 11.3. The van der Waals surface area contributed by atoms with Gasteiger partial charge in [-0.1, -0.05) is 0 Å². The number of nitrogens with two attached hydrogens (primary N) is 1. The molecule has 2 N–H and O–H groups in total. The van der Waals surface area contributed by atoms with Crippen LogP contribution < -0.4 is 5.73 Å². The number of imidazole rings is 1. The number of carbonyl (C=O) groups is 1. The highest BCUT2D eigenvalue weighted by Gasteiger charge is 2.43. The SMILES string of the molecule is CCn1ccnc1CC(=O)C(C)(N)C1CC1. The van der Waals surface area contributed by atoms with Crippen LogP contribution in [-0.4, -0.2) is 20.9 Å². The van der Waals surface area contributed by atoms with E-state index in [1.807, 2.05) is 24.6 Å². The van der Waals surface area contributed by atoms with Gasteiger partial charge in [-0.3, -0.25) is 4.79 Å². The van der Waals surface area contributed by atoms with E-state index in [9.17, 15) is 4.79 Å². The lowest BCUT2D eigenvalue weighted by molar-refractivity contribution is -0.123. The minimum absolute atomic E-state index is 0.107. The van der Waals surface area contributed by atoms with Crippen molar-refractivity contribution in [3.05, 3.63) is 18.2 Å². The topological polar surface area (TPSA) is 60.9 Å². The molecule has 16 heavy (non-hydrogen) atoms. The van der Waals surface area contributed by atoms with Gasteiger partial charge in [-0.2, -0.15) is 0 Å². The maximum Gasteiger partial charge on any atom is 0.160 e. The standard InChI is InChI=1S/C12H19N3O/c1-3-15-7-6-14-11(15)8-10(16)12(2,13)9-4-5-9/h6-7,9H,3-5,8,13H2,1-2H3. The van der Waals surface area contributed by atoms with Gasteiger partial charge < -0.3 is 10.3 Å². The number of hydrogen-bond acceptors (Lipinski definition) is 3. The largest absolute Gasteiger partial charge is 0.335 e. The van der Waals surface area contributed by atoms with E-state index < -0.39 is 5.54 Å². The van der Waals surface area contributed by atoms with Crippen LogP contribution in [0.1, 0.15) is 32.5 Å². The summed E-state index contributed by atoms with van der Waals surface area (Å²) in [5, 5.41) is 0. The van der Waals surface area contributed by atoms with Crippen molar-refractivity contribution < 1.29 is 4.79 Å². The lowest BCUT2D eigenvalue weighted by Crippen LogP contribution is -2.48. The summed E-state index contributed by atoms with van der Waals surface area (Å²) in [5.74, 6) is 1.31. The zero-order valence-electron chi connectivity index (χ0n) is 9.94. The van der Waals surface area contributed by atoms with E-state index in [0.29, 0.717) is 12.3 Å². The molecule has 1 saturated carbocycles. The molecule has 1 atom stereocenters. The normalized spacial score (nSPS) is 19.4. The molecule has 0 aliphatic heterocycles. The molecule has 0 amide bonds. The number of ketones is 1. The number of Topliss-reactive ketones (excluding diaryl/α,β-unsaturated/α-hetero) is 1. The minimum atomic E-state index is -0.662. The highest BCUT2D eigenvalue weighted by Crippen LogP contribution is 2.38. The van der Waals surface area contributed by atoms with Gasteiger partial charge in [0.25, 0.3) is 0 Å². The van der Waals surface area contributed by atoms with Crippen LogP contribution >= 0.6 is 0 Å². The third-order valence-electron chi connectivity index (χ3n) is 3.49. The highest BCUT2D eigenvalue weighted by molar-refractivity contribution is 5.89. The molecule has 1 unspecified atom stereocenters. The Labute approximate surface area is 95.9 Å².